The molecule has 4 nitrogen and oxygen atoms in total. The predicted molar refractivity (Wildman–Crippen MR) is 87.7 cm³/mol. The molecule has 0 spiro atoms. The first-order valence-corrected chi connectivity index (χ1v) is 6.89. The summed E-state index contributed by atoms with van der Waals surface area (Å²) in [5.74, 6) is 0. The largest absolute Gasteiger partial charge is 0.378 e. The summed E-state index contributed by atoms with van der Waals surface area (Å²) in [6.45, 7) is 0.576. The highest BCUT2D eigenvalue weighted by Gasteiger charge is 2.09. The molecule has 0 saturated heterocycles. The summed E-state index contributed by atoms with van der Waals surface area (Å²) >= 11 is 0. The molecule has 0 radical (unpaired) electrons. The van der Waals surface area contributed by atoms with Gasteiger partial charge < -0.3 is 15.1 Å². The summed E-state index contributed by atoms with van der Waals surface area (Å²) in [6.07, 6.45) is 0. The van der Waals surface area contributed by atoms with Crippen molar-refractivity contribution in [3.05, 3.63) is 60.2 Å². The Kier molecular flexibility index (Phi) is 4.82. The average molecular weight is 283 g/mol. The standard InChI is InChI=1S/C17H21N3O/c1-19(2)16-11-9-14(10-12-16)13-20(3)17(21)18-15-7-5-4-6-8-15/h4-12H,13H2,1-3H3,(H,18,21). The molecule has 2 rings (SSSR count). The molecule has 0 heterocycles. The van der Waals surface area contributed by atoms with Crippen LogP contribution in [0.4, 0.5) is 16.2 Å². The van der Waals surface area contributed by atoms with Crippen LogP contribution in [0.3, 0.4) is 0 Å². The summed E-state index contributed by atoms with van der Waals surface area (Å²) in [5.41, 5.74) is 3.05. The molecule has 0 atom stereocenters. The third kappa shape index (κ3) is 4.24. The normalized spacial score (nSPS) is 10.0. The first-order valence-electron chi connectivity index (χ1n) is 6.89. The molecule has 2 aromatic rings. The van der Waals surface area contributed by atoms with E-state index in [2.05, 4.69) is 22.3 Å². The van der Waals surface area contributed by atoms with Crippen LogP contribution in [-0.4, -0.2) is 32.1 Å². The van der Waals surface area contributed by atoms with Crippen molar-refractivity contribution in [3.8, 4) is 0 Å². The lowest BCUT2D eigenvalue weighted by Crippen LogP contribution is -2.30. The first-order chi connectivity index (χ1) is 10.1. The van der Waals surface area contributed by atoms with Crippen LogP contribution in [0.2, 0.25) is 0 Å². The SMILES string of the molecule is CN(Cc1ccc(N(C)C)cc1)C(=O)Nc1ccccc1. The molecule has 4 heteroatoms. The number of carbonyl (C=O) groups is 1. The maximum absolute atomic E-state index is 12.1. The minimum Gasteiger partial charge on any atom is -0.378 e. The molecule has 0 unspecified atom stereocenters. The maximum atomic E-state index is 12.1. The van der Waals surface area contributed by atoms with Crippen LogP contribution in [0.5, 0.6) is 0 Å². The third-order valence-electron chi connectivity index (χ3n) is 3.24. The van der Waals surface area contributed by atoms with Gasteiger partial charge in [0, 0.05) is 39.1 Å². The van der Waals surface area contributed by atoms with E-state index >= 15 is 0 Å². The fourth-order valence-electron chi connectivity index (χ4n) is 1.99. The Labute approximate surface area is 126 Å². The number of carbonyl (C=O) groups excluding carboxylic acids is 1. The molecule has 1 N–H and O–H groups in total. The van der Waals surface area contributed by atoms with Gasteiger partial charge in [0.05, 0.1) is 0 Å². The van der Waals surface area contributed by atoms with E-state index in [1.807, 2.05) is 56.6 Å². The second kappa shape index (κ2) is 6.79. The molecule has 0 aliphatic carbocycles. The van der Waals surface area contributed by atoms with Crippen LogP contribution in [0.1, 0.15) is 5.56 Å². The summed E-state index contributed by atoms with van der Waals surface area (Å²) in [5, 5.41) is 2.87. The van der Waals surface area contributed by atoms with Crippen molar-refractivity contribution in [3.63, 3.8) is 0 Å². The van der Waals surface area contributed by atoms with Crippen molar-refractivity contribution in [2.45, 2.75) is 6.54 Å². The van der Waals surface area contributed by atoms with Crippen LogP contribution >= 0.6 is 0 Å². The highest BCUT2D eigenvalue weighted by atomic mass is 16.2. The molecule has 0 aromatic heterocycles. The highest BCUT2D eigenvalue weighted by Crippen LogP contribution is 2.14. The van der Waals surface area contributed by atoms with Gasteiger partial charge in [-0.2, -0.15) is 0 Å². The van der Waals surface area contributed by atoms with Gasteiger partial charge in [0.15, 0.2) is 0 Å². The number of hydrogen-bond acceptors (Lipinski definition) is 2. The zero-order valence-corrected chi connectivity index (χ0v) is 12.7. The number of benzene rings is 2. The van der Waals surface area contributed by atoms with Gasteiger partial charge in [-0.3, -0.25) is 0 Å². The van der Waals surface area contributed by atoms with E-state index in [1.165, 1.54) is 0 Å². The molecular weight excluding hydrogens is 262 g/mol. The van der Waals surface area contributed by atoms with Gasteiger partial charge in [-0.15, -0.1) is 0 Å². The Balaban J connectivity index is 1.94. The Morgan fingerprint density at radius 3 is 2.14 bits per heavy atom. The Hall–Kier alpha value is -2.49. The van der Waals surface area contributed by atoms with E-state index in [9.17, 15) is 4.79 Å². The van der Waals surface area contributed by atoms with Crippen molar-refractivity contribution < 1.29 is 4.79 Å². The highest BCUT2D eigenvalue weighted by molar-refractivity contribution is 5.89. The first kappa shape index (κ1) is 14.9. The smallest absolute Gasteiger partial charge is 0.321 e. The second-order valence-electron chi connectivity index (χ2n) is 5.21. The van der Waals surface area contributed by atoms with Crippen LogP contribution in [0.15, 0.2) is 54.6 Å². The van der Waals surface area contributed by atoms with E-state index in [0.29, 0.717) is 6.54 Å². The summed E-state index contributed by atoms with van der Waals surface area (Å²) in [7, 11) is 5.81. The zero-order valence-electron chi connectivity index (χ0n) is 12.7. The molecular formula is C17H21N3O. The molecule has 0 bridgehead atoms. The van der Waals surface area contributed by atoms with Gasteiger partial charge in [-0.1, -0.05) is 30.3 Å². The second-order valence-corrected chi connectivity index (χ2v) is 5.21. The van der Waals surface area contributed by atoms with Crippen LogP contribution in [-0.2, 0) is 6.54 Å². The molecule has 0 saturated carbocycles. The van der Waals surface area contributed by atoms with Gasteiger partial charge in [0.2, 0.25) is 0 Å². The lowest BCUT2D eigenvalue weighted by atomic mass is 10.2. The van der Waals surface area contributed by atoms with Crippen molar-refractivity contribution >= 4 is 17.4 Å². The van der Waals surface area contributed by atoms with E-state index in [4.69, 9.17) is 0 Å². The Morgan fingerprint density at radius 1 is 0.952 bits per heavy atom. The van der Waals surface area contributed by atoms with E-state index < -0.39 is 0 Å². The van der Waals surface area contributed by atoms with Gasteiger partial charge in [-0.05, 0) is 29.8 Å². The minimum absolute atomic E-state index is 0.113. The summed E-state index contributed by atoms with van der Waals surface area (Å²) < 4.78 is 0. The van der Waals surface area contributed by atoms with Crippen molar-refractivity contribution in [2.24, 2.45) is 0 Å². The fraction of sp³-hybridized carbons (Fsp3) is 0.235. The molecule has 110 valence electrons. The maximum Gasteiger partial charge on any atom is 0.321 e. The minimum atomic E-state index is -0.113. The van der Waals surface area contributed by atoms with Crippen molar-refractivity contribution in [1.82, 2.24) is 4.90 Å². The number of anilines is 2. The summed E-state index contributed by atoms with van der Waals surface area (Å²) in [4.78, 5) is 15.8. The number of nitrogens with one attached hydrogen (secondary N) is 1. The molecule has 0 aliphatic rings. The lowest BCUT2D eigenvalue weighted by Gasteiger charge is -2.19. The molecule has 21 heavy (non-hydrogen) atoms. The number of rotatable bonds is 4. The quantitative estimate of drug-likeness (QED) is 0.933. The zero-order chi connectivity index (χ0) is 15.2. The Bertz CT molecular complexity index is 579. The number of amides is 2. The topological polar surface area (TPSA) is 35.6 Å². The third-order valence-corrected chi connectivity index (χ3v) is 3.24. The van der Waals surface area contributed by atoms with E-state index in [0.717, 1.165) is 16.9 Å². The molecule has 2 amide bonds. The van der Waals surface area contributed by atoms with Gasteiger partial charge in [0.1, 0.15) is 0 Å². The Morgan fingerprint density at radius 2 is 1.57 bits per heavy atom. The van der Waals surface area contributed by atoms with E-state index in [-0.39, 0.29) is 6.03 Å². The predicted octanol–water partition coefficient (Wildman–Crippen LogP) is 3.42. The number of para-hydroxylation sites is 1. The van der Waals surface area contributed by atoms with Crippen LogP contribution in [0, 0.1) is 0 Å². The molecule has 0 aliphatic heterocycles. The number of urea groups is 1. The monoisotopic (exact) mass is 283 g/mol. The fourth-order valence-corrected chi connectivity index (χ4v) is 1.99. The molecule has 0 fully saturated rings. The van der Waals surface area contributed by atoms with Crippen molar-refractivity contribution in [1.29, 1.82) is 0 Å². The van der Waals surface area contributed by atoms with Gasteiger partial charge in [0.25, 0.3) is 0 Å². The number of nitrogens with zero attached hydrogens (tertiary/aromatic N) is 2. The van der Waals surface area contributed by atoms with Crippen LogP contribution < -0.4 is 10.2 Å². The number of hydrogen-bond donors (Lipinski definition) is 1. The average Bonchev–Trinajstić information content (AvgIpc) is 2.48. The lowest BCUT2D eigenvalue weighted by molar-refractivity contribution is 0.220. The van der Waals surface area contributed by atoms with Gasteiger partial charge >= 0.3 is 6.03 Å². The van der Waals surface area contributed by atoms with E-state index in [1.54, 1.807) is 11.9 Å². The molecule has 2 aromatic carbocycles. The van der Waals surface area contributed by atoms with Crippen LogP contribution in [0.25, 0.3) is 0 Å². The van der Waals surface area contributed by atoms with Gasteiger partial charge in [-0.25, -0.2) is 4.79 Å². The van der Waals surface area contributed by atoms with Crippen molar-refractivity contribution in [2.75, 3.05) is 31.4 Å². The summed E-state index contributed by atoms with van der Waals surface area (Å²) in [6, 6.07) is 17.5.